The molecule has 2 heteroatoms. The van der Waals surface area contributed by atoms with E-state index in [1.807, 2.05) is 0 Å². The maximum atomic E-state index is 3.57. The molecule has 14 heavy (non-hydrogen) atoms. The van der Waals surface area contributed by atoms with Gasteiger partial charge in [0.05, 0.1) is 0 Å². The summed E-state index contributed by atoms with van der Waals surface area (Å²) >= 11 is 0. The third-order valence-corrected chi connectivity index (χ3v) is 3.63. The van der Waals surface area contributed by atoms with Gasteiger partial charge < -0.3 is 5.32 Å². The van der Waals surface area contributed by atoms with Gasteiger partial charge in [0, 0.05) is 25.7 Å². The Morgan fingerprint density at radius 3 is 2.86 bits per heavy atom. The minimum Gasteiger partial charge on any atom is -0.313 e. The van der Waals surface area contributed by atoms with Crippen molar-refractivity contribution in [2.24, 2.45) is 0 Å². The predicted molar refractivity (Wildman–Crippen MR) is 60.5 cm³/mol. The summed E-state index contributed by atoms with van der Waals surface area (Å²) in [5.41, 5.74) is 3.20. The van der Waals surface area contributed by atoms with Gasteiger partial charge in [-0.3, -0.25) is 4.90 Å². The summed E-state index contributed by atoms with van der Waals surface area (Å²) < 4.78 is 0. The van der Waals surface area contributed by atoms with Crippen LogP contribution in [0.4, 0.5) is 0 Å². The fourth-order valence-electron chi connectivity index (χ4n) is 2.47. The second-order valence-electron chi connectivity index (χ2n) is 4.84. The van der Waals surface area contributed by atoms with Gasteiger partial charge in [0.25, 0.3) is 0 Å². The summed E-state index contributed by atoms with van der Waals surface area (Å²) in [4.78, 5) is 2.60. The number of nitrogens with zero attached hydrogens (tertiary/aromatic N) is 1. The standard InChI is InChI=1S/C12H22N2/c1-10-5-7-14(8-11(10)2)9-12-4-3-6-13-12/h12-13H,3-9H2,1-2H3/t12-/m1/s1. The molecule has 80 valence electrons. The quantitative estimate of drug-likeness (QED) is 0.674. The van der Waals surface area contributed by atoms with Gasteiger partial charge in [-0.1, -0.05) is 11.1 Å². The van der Waals surface area contributed by atoms with Crippen LogP contribution in [-0.2, 0) is 0 Å². The van der Waals surface area contributed by atoms with Crippen LogP contribution in [0.2, 0.25) is 0 Å². The van der Waals surface area contributed by atoms with E-state index in [9.17, 15) is 0 Å². The zero-order valence-corrected chi connectivity index (χ0v) is 9.47. The molecule has 0 radical (unpaired) electrons. The van der Waals surface area contributed by atoms with Crippen LogP contribution >= 0.6 is 0 Å². The number of nitrogens with one attached hydrogen (secondary N) is 1. The Morgan fingerprint density at radius 2 is 2.21 bits per heavy atom. The Kier molecular flexibility index (Phi) is 3.24. The molecule has 2 aliphatic rings. The molecule has 1 atom stereocenters. The smallest absolute Gasteiger partial charge is 0.0195 e. The predicted octanol–water partition coefficient (Wildman–Crippen LogP) is 1.78. The minimum atomic E-state index is 0.765. The van der Waals surface area contributed by atoms with Gasteiger partial charge in [0.1, 0.15) is 0 Å². The Bertz CT molecular complexity index is 226. The van der Waals surface area contributed by atoms with Crippen molar-refractivity contribution >= 4 is 0 Å². The van der Waals surface area contributed by atoms with Gasteiger partial charge in [0.2, 0.25) is 0 Å². The number of hydrogen-bond donors (Lipinski definition) is 1. The van der Waals surface area contributed by atoms with Crippen molar-refractivity contribution in [1.82, 2.24) is 10.2 Å². The molecule has 2 heterocycles. The van der Waals surface area contributed by atoms with Gasteiger partial charge >= 0.3 is 0 Å². The first-order valence-corrected chi connectivity index (χ1v) is 5.86. The molecule has 1 fully saturated rings. The van der Waals surface area contributed by atoms with Crippen molar-refractivity contribution in [2.75, 3.05) is 26.2 Å². The Balaban J connectivity index is 1.82. The first-order chi connectivity index (χ1) is 6.75. The van der Waals surface area contributed by atoms with E-state index < -0.39 is 0 Å². The number of hydrogen-bond acceptors (Lipinski definition) is 2. The SMILES string of the molecule is CC1=C(C)CN(C[C@H]2CCCN2)CC1. The highest BCUT2D eigenvalue weighted by molar-refractivity contribution is 5.14. The second-order valence-corrected chi connectivity index (χ2v) is 4.84. The molecule has 2 rings (SSSR count). The van der Waals surface area contributed by atoms with Crippen molar-refractivity contribution < 1.29 is 0 Å². The second kappa shape index (κ2) is 4.45. The van der Waals surface area contributed by atoms with Crippen LogP contribution in [0.5, 0.6) is 0 Å². The Morgan fingerprint density at radius 1 is 1.36 bits per heavy atom. The molecule has 0 aromatic rings. The van der Waals surface area contributed by atoms with Gasteiger partial charge in [-0.2, -0.15) is 0 Å². The van der Waals surface area contributed by atoms with E-state index in [0.29, 0.717) is 0 Å². The first kappa shape index (κ1) is 10.2. The molecule has 0 amide bonds. The van der Waals surface area contributed by atoms with Crippen molar-refractivity contribution in [1.29, 1.82) is 0 Å². The van der Waals surface area contributed by atoms with Crippen LogP contribution in [0, 0.1) is 0 Å². The van der Waals surface area contributed by atoms with Crippen LogP contribution in [0.25, 0.3) is 0 Å². The maximum absolute atomic E-state index is 3.57. The molecule has 1 N–H and O–H groups in total. The molecule has 1 saturated heterocycles. The number of rotatable bonds is 2. The van der Waals surface area contributed by atoms with Gasteiger partial charge in [-0.25, -0.2) is 0 Å². The van der Waals surface area contributed by atoms with Gasteiger partial charge in [-0.05, 0) is 39.7 Å². The summed E-state index contributed by atoms with van der Waals surface area (Å²) in [5.74, 6) is 0. The lowest BCUT2D eigenvalue weighted by Crippen LogP contribution is -2.40. The third-order valence-electron chi connectivity index (χ3n) is 3.63. The fraction of sp³-hybridized carbons (Fsp3) is 0.833. The van der Waals surface area contributed by atoms with E-state index in [4.69, 9.17) is 0 Å². The molecule has 0 aliphatic carbocycles. The van der Waals surface area contributed by atoms with E-state index in [0.717, 1.165) is 6.04 Å². The van der Waals surface area contributed by atoms with E-state index >= 15 is 0 Å². The lowest BCUT2D eigenvalue weighted by Gasteiger charge is -2.30. The monoisotopic (exact) mass is 194 g/mol. The molecular formula is C12H22N2. The Hall–Kier alpha value is -0.340. The zero-order valence-electron chi connectivity index (χ0n) is 9.47. The van der Waals surface area contributed by atoms with Crippen molar-refractivity contribution in [3.63, 3.8) is 0 Å². The topological polar surface area (TPSA) is 15.3 Å². The molecule has 0 aromatic heterocycles. The molecule has 0 spiro atoms. The Labute approximate surface area is 87.4 Å². The molecule has 0 unspecified atom stereocenters. The van der Waals surface area contributed by atoms with E-state index in [-0.39, 0.29) is 0 Å². The molecule has 2 aliphatic heterocycles. The summed E-state index contributed by atoms with van der Waals surface area (Å²) in [6.07, 6.45) is 4.02. The van der Waals surface area contributed by atoms with Crippen molar-refractivity contribution in [3.05, 3.63) is 11.1 Å². The summed E-state index contributed by atoms with van der Waals surface area (Å²) in [5, 5.41) is 3.57. The lowest BCUT2D eigenvalue weighted by molar-refractivity contribution is 0.259. The van der Waals surface area contributed by atoms with Gasteiger partial charge in [-0.15, -0.1) is 0 Å². The normalized spacial score (nSPS) is 30.0. The zero-order chi connectivity index (χ0) is 9.97. The maximum Gasteiger partial charge on any atom is 0.0195 e. The molecule has 0 bridgehead atoms. The first-order valence-electron chi connectivity index (χ1n) is 5.86. The summed E-state index contributed by atoms with van der Waals surface area (Å²) in [6, 6.07) is 0.765. The van der Waals surface area contributed by atoms with Crippen LogP contribution in [0.3, 0.4) is 0 Å². The molecule has 2 nitrogen and oxygen atoms in total. The van der Waals surface area contributed by atoms with E-state index in [1.54, 1.807) is 11.1 Å². The highest BCUT2D eigenvalue weighted by Gasteiger charge is 2.20. The highest BCUT2D eigenvalue weighted by atomic mass is 15.2. The van der Waals surface area contributed by atoms with Crippen molar-refractivity contribution in [2.45, 2.75) is 39.2 Å². The van der Waals surface area contributed by atoms with Gasteiger partial charge in [0.15, 0.2) is 0 Å². The van der Waals surface area contributed by atoms with Crippen LogP contribution in [0.15, 0.2) is 11.1 Å². The highest BCUT2D eigenvalue weighted by Crippen LogP contribution is 2.18. The van der Waals surface area contributed by atoms with Crippen molar-refractivity contribution in [3.8, 4) is 0 Å². The van der Waals surface area contributed by atoms with Crippen LogP contribution in [0.1, 0.15) is 33.1 Å². The minimum absolute atomic E-state index is 0.765. The third kappa shape index (κ3) is 2.37. The average molecular weight is 194 g/mol. The molecule has 0 saturated carbocycles. The molecule has 0 aromatic carbocycles. The average Bonchev–Trinajstić information content (AvgIpc) is 2.64. The van der Waals surface area contributed by atoms with Crippen LogP contribution < -0.4 is 5.32 Å². The fourth-order valence-corrected chi connectivity index (χ4v) is 2.47. The largest absolute Gasteiger partial charge is 0.313 e. The van der Waals surface area contributed by atoms with E-state index in [2.05, 4.69) is 24.1 Å². The molecular weight excluding hydrogens is 172 g/mol. The van der Waals surface area contributed by atoms with Crippen LogP contribution in [-0.4, -0.2) is 37.1 Å². The lowest BCUT2D eigenvalue weighted by atomic mass is 10.0. The summed E-state index contributed by atoms with van der Waals surface area (Å²) in [6.45, 7) is 9.51. The van der Waals surface area contributed by atoms with E-state index in [1.165, 1.54) is 45.4 Å². The summed E-state index contributed by atoms with van der Waals surface area (Å²) in [7, 11) is 0.